The first-order valence-corrected chi connectivity index (χ1v) is 7.04. The van der Waals surface area contributed by atoms with Gasteiger partial charge in [-0.05, 0) is 26.7 Å². The van der Waals surface area contributed by atoms with E-state index in [0.29, 0.717) is 6.54 Å². The molecule has 1 saturated heterocycles. The van der Waals surface area contributed by atoms with E-state index in [2.05, 4.69) is 24.1 Å². The van der Waals surface area contributed by atoms with Crippen molar-refractivity contribution in [1.29, 1.82) is 0 Å². The molecule has 112 valence electrons. The Kier molecular flexibility index (Phi) is 4.42. The Labute approximate surface area is 113 Å². The lowest BCUT2D eigenvalue weighted by atomic mass is 10.0. The average molecular weight is 279 g/mol. The number of rotatable bonds is 5. The molecule has 6 heteroatoms. The number of nitrogens with zero attached hydrogens (tertiary/aromatic N) is 2. The molecule has 1 heterocycles. The Bertz CT molecular complexity index is 294. The van der Waals surface area contributed by atoms with E-state index >= 15 is 0 Å². The maximum absolute atomic E-state index is 12.6. The van der Waals surface area contributed by atoms with Crippen LogP contribution in [0.25, 0.3) is 0 Å². The van der Waals surface area contributed by atoms with Gasteiger partial charge in [-0.3, -0.25) is 9.80 Å². The average Bonchev–Trinajstić information content (AvgIpc) is 3.11. The number of halogens is 3. The summed E-state index contributed by atoms with van der Waals surface area (Å²) in [6, 6.07) is 0.142. The third kappa shape index (κ3) is 4.61. The van der Waals surface area contributed by atoms with Gasteiger partial charge in [0.25, 0.3) is 0 Å². The number of alkyl halides is 3. The fourth-order valence-corrected chi connectivity index (χ4v) is 2.85. The number of piperazine rings is 1. The molecule has 0 bridgehead atoms. The van der Waals surface area contributed by atoms with Crippen LogP contribution in [-0.4, -0.2) is 66.8 Å². The zero-order chi connectivity index (χ0) is 14.1. The minimum absolute atomic E-state index is 0.142. The van der Waals surface area contributed by atoms with Gasteiger partial charge in [0.2, 0.25) is 0 Å². The van der Waals surface area contributed by atoms with E-state index in [1.54, 1.807) is 4.90 Å². The zero-order valence-corrected chi connectivity index (χ0v) is 11.8. The molecule has 1 N–H and O–H groups in total. The van der Waals surface area contributed by atoms with E-state index in [4.69, 9.17) is 0 Å². The van der Waals surface area contributed by atoms with Gasteiger partial charge in [-0.1, -0.05) is 0 Å². The van der Waals surface area contributed by atoms with E-state index < -0.39 is 12.7 Å². The molecular formula is C13H24F3N3. The molecule has 1 aliphatic heterocycles. The molecule has 0 amide bonds. The second kappa shape index (κ2) is 5.58. The van der Waals surface area contributed by atoms with Crippen LogP contribution in [-0.2, 0) is 0 Å². The van der Waals surface area contributed by atoms with E-state index in [9.17, 15) is 13.2 Å². The van der Waals surface area contributed by atoms with Gasteiger partial charge in [-0.2, -0.15) is 13.2 Å². The lowest BCUT2D eigenvalue weighted by Gasteiger charge is -2.44. The van der Waals surface area contributed by atoms with Gasteiger partial charge < -0.3 is 5.32 Å². The molecule has 1 aliphatic carbocycles. The van der Waals surface area contributed by atoms with Gasteiger partial charge in [0.1, 0.15) is 0 Å². The third-order valence-corrected chi connectivity index (χ3v) is 4.01. The van der Waals surface area contributed by atoms with E-state index in [0.717, 1.165) is 39.0 Å². The second-order valence-electron chi connectivity index (χ2n) is 6.30. The molecule has 0 aromatic heterocycles. The zero-order valence-electron chi connectivity index (χ0n) is 11.8. The van der Waals surface area contributed by atoms with Crippen molar-refractivity contribution in [3.05, 3.63) is 0 Å². The van der Waals surface area contributed by atoms with Crippen LogP contribution in [0.3, 0.4) is 0 Å². The monoisotopic (exact) mass is 279 g/mol. The molecule has 0 unspecified atom stereocenters. The molecule has 0 spiro atoms. The molecular weight excluding hydrogens is 255 g/mol. The standard InChI is InChI=1S/C13H24F3N3/c1-12(2,19-7-5-17-6-8-19)9-18(11-3-4-11)10-13(14,15)16/h11,17H,3-10H2,1-2H3. The predicted molar refractivity (Wildman–Crippen MR) is 69.2 cm³/mol. The minimum atomic E-state index is -4.10. The third-order valence-electron chi connectivity index (χ3n) is 4.01. The maximum Gasteiger partial charge on any atom is 0.401 e. The van der Waals surface area contributed by atoms with Crippen LogP contribution in [0, 0.1) is 0 Å². The van der Waals surface area contributed by atoms with Gasteiger partial charge in [-0.15, -0.1) is 0 Å². The minimum Gasteiger partial charge on any atom is -0.314 e. The first-order chi connectivity index (χ1) is 8.78. The van der Waals surface area contributed by atoms with Crippen molar-refractivity contribution in [2.75, 3.05) is 39.3 Å². The normalized spacial score (nSPS) is 23.1. The van der Waals surface area contributed by atoms with Crippen molar-refractivity contribution < 1.29 is 13.2 Å². The molecule has 2 fully saturated rings. The maximum atomic E-state index is 12.6. The van der Waals surface area contributed by atoms with Gasteiger partial charge in [-0.25, -0.2) is 0 Å². The van der Waals surface area contributed by atoms with Crippen LogP contribution < -0.4 is 5.32 Å². The van der Waals surface area contributed by atoms with Gasteiger partial charge >= 0.3 is 6.18 Å². The van der Waals surface area contributed by atoms with Crippen molar-refractivity contribution >= 4 is 0 Å². The summed E-state index contributed by atoms with van der Waals surface area (Å²) in [6.45, 7) is 7.52. The summed E-state index contributed by atoms with van der Waals surface area (Å²) >= 11 is 0. The van der Waals surface area contributed by atoms with Crippen molar-refractivity contribution in [2.24, 2.45) is 0 Å². The predicted octanol–water partition coefficient (Wildman–Crippen LogP) is 1.70. The van der Waals surface area contributed by atoms with Crippen LogP contribution in [0.5, 0.6) is 0 Å². The SMILES string of the molecule is CC(C)(CN(CC(F)(F)F)C1CC1)N1CCNCC1. The second-order valence-corrected chi connectivity index (χ2v) is 6.30. The Balaban J connectivity index is 1.94. The van der Waals surface area contributed by atoms with Crippen molar-refractivity contribution in [2.45, 2.75) is 44.4 Å². The number of hydrogen-bond donors (Lipinski definition) is 1. The van der Waals surface area contributed by atoms with Gasteiger partial charge in [0.15, 0.2) is 0 Å². The first-order valence-electron chi connectivity index (χ1n) is 7.04. The van der Waals surface area contributed by atoms with E-state index in [1.165, 1.54) is 0 Å². The van der Waals surface area contributed by atoms with Gasteiger partial charge in [0.05, 0.1) is 6.54 Å². The Morgan fingerprint density at radius 1 is 1.11 bits per heavy atom. The molecule has 0 aromatic carbocycles. The van der Waals surface area contributed by atoms with E-state index in [-0.39, 0.29) is 11.6 Å². The number of nitrogens with one attached hydrogen (secondary N) is 1. The van der Waals surface area contributed by atoms with Gasteiger partial charge in [0, 0.05) is 44.3 Å². The lowest BCUT2D eigenvalue weighted by Crippen LogP contribution is -2.58. The van der Waals surface area contributed by atoms with Crippen LogP contribution >= 0.6 is 0 Å². The first kappa shape index (κ1) is 15.1. The Morgan fingerprint density at radius 3 is 2.16 bits per heavy atom. The summed E-state index contributed by atoms with van der Waals surface area (Å²) in [5.74, 6) is 0. The molecule has 1 saturated carbocycles. The molecule has 2 rings (SSSR count). The Hall–Kier alpha value is -0.330. The van der Waals surface area contributed by atoms with Crippen molar-refractivity contribution in [1.82, 2.24) is 15.1 Å². The van der Waals surface area contributed by atoms with Crippen molar-refractivity contribution in [3.63, 3.8) is 0 Å². The molecule has 0 radical (unpaired) electrons. The quantitative estimate of drug-likeness (QED) is 0.826. The summed E-state index contributed by atoms with van der Waals surface area (Å²) in [5, 5.41) is 3.28. The Morgan fingerprint density at radius 2 is 1.68 bits per heavy atom. The van der Waals surface area contributed by atoms with Crippen LogP contribution in [0.4, 0.5) is 13.2 Å². The highest BCUT2D eigenvalue weighted by atomic mass is 19.4. The topological polar surface area (TPSA) is 18.5 Å². The highest BCUT2D eigenvalue weighted by molar-refractivity contribution is 4.93. The highest BCUT2D eigenvalue weighted by Gasteiger charge is 2.41. The summed E-state index contributed by atoms with van der Waals surface area (Å²) in [7, 11) is 0. The summed E-state index contributed by atoms with van der Waals surface area (Å²) in [5.41, 5.74) is -0.198. The van der Waals surface area contributed by atoms with Crippen LogP contribution in [0.15, 0.2) is 0 Å². The fourth-order valence-electron chi connectivity index (χ4n) is 2.85. The summed E-state index contributed by atoms with van der Waals surface area (Å²) in [4.78, 5) is 3.93. The molecule has 2 aliphatic rings. The van der Waals surface area contributed by atoms with Crippen LogP contribution in [0.2, 0.25) is 0 Å². The van der Waals surface area contributed by atoms with Crippen molar-refractivity contribution in [3.8, 4) is 0 Å². The fraction of sp³-hybridized carbons (Fsp3) is 1.00. The summed E-state index contributed by atoms with van der Waals surface area (Å²) < 4.78 is 37.9. The highest BCUT2D eigenvalue weighted by Crippen LogP contribution is 2.32. The van der Waals surface area contributed by atoms with Crippen LogP contribution in [0.1, 0.15) is 26.7 Å². The molecule has 19 heavy (non-hydrogen) atoms. The lowest BCUT2D eigenvalue weighted by molar-refractivity contribution is -0.150. The summed E-state index contributed by atoms with van der Waals surface area (Å²) in [6.07, 6.45) is -2.27. The number of hydrogen-bond acceptors (Lipinski definition) is 3. The molecule has 0 aromatic rings. The molecule has 0 atom stereocenters. The smallest absolute Gasteiger partial charge is 0.314 e. The van der Waals surface area contributed by atoms with E-state index in [1.807, 2.05) is 0 Å². The molecule has 3 nitrogen and oxygen atoms in total. The largest absolute Gasteiger partial charge is 0.401 e.